The molecule has 3 unspecified atom stereocenters. The molecule has 1 aromatic rings. The molecule has 1 aliphatic rings. The molecule has 1 aliphatic carbocycles. The van der Waals surface area contributed by atoms with Gasteiger partial charge >= 0.3 is 0 Å². The van der Waals surface area contributed by atoms with Gasteiger partial charge in [0.15, 0.2) is 5.16 Å². The summed E-state index contributed by atoms with van der Waals surface area (Å²) >= 11 is 1.88. The Balaban J connectivity index is 1.97. The van der Waals surface area contributed by atoms with Gasteiger partial charge in [-0.05, 0) is 31.2 Å². The molecule has 1 saturated carbocycles. The van der Waals surface area contributed by atoms with Crippen LogP contribution in [0.1, 0.15) is 32.6 Å². The van der Waals surface area contributed by atoms with Gasteiger partial charge in [-0.2, -0.15) is 0 Å². The fraction of sp³-hybridized carbons (Fsp3) is 0.750. The van der Waals surface area contributed by atoms with E-state index in [0.29, 0.717) is 11.2 Å². The fourth-order valence-corrected chi connectivity index (χ4v) is 3.87. The lowest BCUT2D eigenvalue weighted by atomic mass is 9.80. The van der Waals surface area contributed by atoms with E-state index in [-0.39, 0.29) is 0 Å². The van der Waals surface area contributed by atoms with Gasteiger partial charge in [0.2, 0.25) is 0 Å². The van der Waals surface area contributed by atoms with E-state index in [1.54, 1.807) is 0 Å². The highest BCUT2D eigenvalue weighted by Crippen LogP contribution is 2.39. The second-order valence-corrected chi connectivity index (χ2v) is 5.86. The monoisotopic (exact) mass is 239 g/mol. The van der Waals surface area contributed by atoms with Crippen LogP contribution in [0.2, 0.25) is 0 Å². The van der Waals surface area contributed by atoms with Crippen LogP contribution < -0.4 is 5.73 Å². The summed E-state index contributed by atoms with van der Waals surface area (Å²) in [6, 6.07) is 0. The predicted octanol–water partition coefficient (Wildman–Crippen LogP) is 2.66. The minimum Gasteiger partial charge on any atom is -0.340 e. The van der Waals surface area contributed by atoms with Crippen molar-refractivity contribution in [2.24, 2.45) is 17.6 Å². The molecule has 0 aromatic carbocycles. The van der Waals surface area contributed by atoms with E-state index in [4.69, 9.17) is 5.73 Å². The van der Waals surface area contributed by atoms with E-state index in [9.17, 15) is 0 Å². The summed E-state index contributed by atoms with van der Waals surface area (Å²) in [4.78, 5) is 7.47. The average Bonchev–Trinajstić information content (AvgIpc) is 2.82. The van der Waals surface area contributed by atoms with Crippen molar-refractivity contribution in [3.8, 4) is 0 Å². The van der Waals surface area contributed by atoms with Crippen molar-refractivity contribution < 1.29 is 0 Å². The summed E-state index contributed by atoms with van der Waals surface area (Å²) in [7, 11) is 0. The number of rotatable bonds is 4. The number of hydrogen-bond donors (Lipinski definition) is 2. The number of nitrogens with zero attached hydrogens (tertiary/aromatic N) is 1. The van der Waals surface area contributed by atoms with Crippen LogP contribution in [0.4, 0.5) is 0 Å². The molecule has 3 nitrogen and oxygen atoms in total. The molecule has 1 heterocycles. The summed E-state index contributed by atoms with van der Waals surface area (Å²) in [5, 5.41) is 1.69. The third kappa shape index (κ3) is 2.80. The second-order valence-electron chi connectivity index (χ2n) is 4.63. The van der Waals surface area contributed by atoms with Gasteiger partial charge in [0.25, 0.3) is 0 Å². The van der Waals surface area contributed by atoms with Gasteiger partial charge in [-0.25, -0.2) is 4.98 Å². The lowest BCUT2D eigenvalue weighted by Gasteiger charge is -2.34. The molecule has 3 N–H and O–H groups in total. The normalized spacial score (nSPS) is 30.5. The van der Waals surface area contributed by atoms with E-state index in [2.05, 4.69) is 16.9 Å². The van der Waals surface area contributed by atoms with Crippen molar-refractivity contribution in [3.05, 3.63) is 12.4 Å². The van der Waals surface area contributed by atoms with Crippen LogP contribution in [0.3, 0.4) is 0 Å². The number of nitrogens with two attached hydrogens (primary N) is 1. The molecule has 1 fully saturated rings. The van der Waals surface area contributed by atoms with Gasteiger partial charge in [-0.1, -0.05) is 31.5 Å². The smallest absolute Gasteiger partial charge is 0.165 e. The van der Waals surface area contributed by atoms with Gasteiger partial charge in [-0.3, -0.25) is 0 Å². The molecule has 90 valence electrons. The molecule has 2 rings (SSSR count). The molecule has 0 saturated heterocycles. The first-order chi connectivity index (χ1) is 7.83. The van der Waals surface area contributed by atoms with E-state index in [1.807, 2.05) is 24.2 Å². The van der Waals surface area contributed by atoms with E-state index in [0.717, 1.165) is 17.6 Å². The number of thioether (sulfide) groups is 1. The van der Waals surface area contributed by atoms with Gasteiger partial charge in [0.1, 0.15) is 0 Å². The van der Waals surface area contributed by atoms with Gasteiger partial charge in [-0.15, -0.1) is 0 Å². The second kappa shape index (κ2) is 5.73. The lowest BCUT2D eigenvalue weighted by Crippen LogP contribution is -2.32. The van der Waals surface area contributed by atoms with E-state index < -0.39 is 0 Å². The molecule has 3 atom stereocenters. The molecule has 1 aromatic heterocycles. The zero-order valence-corrected chi connectivity index (χ0v) is 10.7. The Labute approximate surface area is 102 Å². The summed E-state index contributed by atoms with van der Waals surface area (Å²) in [6.45, 7) is 3.11. The average molecular weight is 239 g/mol. The highest BCUT2D eigenvalue weighted by molar-refractivity contribution is 7.99. The predicted molar refractivity (Wildman–Crippen MR) is 68.4 cm³/mol. The SMILES string of the molecule is CCC1CCC(CN)C(Sc2ncc[nH]2)C1. The molecular weight excluding hydrogens is 218 g/mol. The van der Waals surface area contributed by atoms with Crippen molar-refractivity contribution >= 4 is 11.8 Å². The van der Waals surface area contributed by atoms with Crippen molar-refractivity contribution in [2.45, 2.75) is 43.0 Å². The maximum atomic E-state index is 5.87. The Bertz CT molecular complexity index is 299. The van der Waals surface area contributed by atoms with Crippen LogP contribution in [-0.4, -0.2) is 21.8 Å². The maximum Gasteiger partial charge on any atom is 0.165 e. The number of hydrogen-bond acceptors (Lipinski definition) is 3. The minimum atomic E-state index is 0.648. The zero-order valence-electron chi connectivity index (χ0n) is 9.86. The maximum absolute atomic E-state index is 5.87. The summed E-state index contributed by atoms with van der Waals surface area (Å²) < 4.78 is 0. The molecular formula is C12H21N3S. The number of nitrogens with one attached hydrogen (secondary N) is 1. The summed E-state index contributed by atoms with van der Waals surface area (Å²) in [5.74, 6) is 1.55. The number of H-pyrrole nitrogens is 1. The van der Waals surface area contributed by atoms with Crippen molar-refractivity contribution in [2.75, 3.05) is 6.54 Å². The Morgan fingerprint density at radius 3 is 3.06 bits per heavy atom. The molecule has 16 heavy (non-hydrogen) atoms. The van der Waals surface area contributed by atoms with Crippen LogP contribution >= 0.6 is 11.8 Å². The first kappa shape index (κ1) is 12.0. The first-order valence-corrected chi connectivity index (χ1v) is 7.07. The third-order valence-electron chi connectivity index (χ3n) is 3.65. The van der Waals surface area contributed by atoms with Gasteiger partial charge < -0.3 is 10.7 Å². The first-order valence-electron chi connectivity index (χ1n) is 6.19. The van der Waals surface area contributed by atoms with Crippen LogP contribution in [0.5, 0.6) is 0 Å². The zero-order chi connectivity index (χ0) is 11.4. The highest BCUT2D eigenvalue weighted by atomic mass is 32.2. The van der Waals surface area contributed by atoms with Crippen molar-refractivity contribution in [1.29, 1.82) is 0 Å². The number of aromatic amines is 1. The van der Waals surface area contributed by atoms with Crippen LogP contribution in [0.15, 0.2) is 17.6 Å². The van der Waals surface area contributed by atoms with Crippen molar-refractivity contribution in [3.63, 3.8) is 0 Å². The molecule has 0 aliphatic heterocycles. The Kier molecular flexibility index (Phi) is 4.29. The Morgan fingerprint density at radius 2 is 2.44 bits per heavy atom. The molecule has 0 radical (unpaired) electrons. The quantitative estimate of drug-likeness (QED) is 0.849. The Hall–Kier alpha value is -0.480. The largest absolute Gasteiger partial charge is 0.340 e. The number of aromatic nitrogens is 2. The molecule has 0 amide bonds. The molecule has 0 bridgehead atoms. The third-order valence-corrected chi connectivity index (χ3v) is 4.98. The fourth-order valence-electron chi connectivity index (χ4n) is 2.52. The minimum absolute atomic E-state index is 0.648. The van der Waals surface area contributed by atoms with Gasteiger partial charge in [0, 0.05) is 17.6 Å². The molecule has 4 heteroatoms. The van der Waals surface area contributed by atoms with Crippen LogP contribution in [0, 0.1) is 11.8 Å². The van der Waals surface area contributed by atoms with Crippen molar-refractivity contribution in [1.82, 2.24) is 9.97 Å². The molecule has 0 spiro atoms. The number of imidazole rings is 1. The van der Waals surface area contributed by atoms with Crippen LogP contribution in [0.25, 0.3) is 0 Å². The van der Waals surface area contributed by atoms with Crippen LogP contribution in [-0.2, 0) is 0 Å². The summed E-state index contributed by atoms with van der Waals surface area (Å²) in [6.07, 6.45) is 8.94. The topological polar surface area (TPSA) is 54.7 Å². The lowest BCUT2D eigenvalue weighted by molar-refractivity contribution is 0.283. The van der Waals surface area contributed by atoms with Gasteiger partial charge in [0.05, 0.1) is 0 Å². The Morgan fingerprint density at radius 1 is 1.56 bits per heavy atom. The van der Waals surface area contributed by atoms with E-state index >= 15 is 0 Å². The highest BCUT2D eigenvalue weighted by Gasteiger charge is 2.30. The summed E-state index contributed by atoms with van der Waals surface area (Å²) in [5.41, 5.74) is 5.87. The standard InChI is InChI=1S/C12H21N3S/c1-2-9-3-4-10(8-13)11(7-9)16-12-14-5-6-15-12/h5-6,9-11H,2-4,7-8,13H2,1H3,(H,14,15). The van der Waals surface area contributed by atoms with E-state index in [1.165, 1.54) is 25.7 Å².